The topological polar surface area (TPSA) is 55.4 Å². The Morgan fingerprint density at radius 1 is 1.64 bits per heavy atom. The normalized spacial score (nSPS) is 26.4. The van der Waals surface area contributed by atoms with Gasteiger partial charge >= 0.3 is 5.97 Å². The summed E-state index contributed by atoms with van der Waals surface area (Å²) in [5.74, 6) is -0.208. The molecule has 0 bridgehead atoms. The molecule has 1 rings (SSSR count). The summed E-state index contributed by atoms with van der Waals surface area (Å²) < 4.78 is 5.01. The van der Waals surface area contributed by atoms with Crippen LogP contribution in [0.1, 0.15) is 27.2 Å². The van der Waals surface area contributed by atoms with Gasteiger partial charge in [-0.3, -0.25) is 9.59 Å². The minimum absolute atomic E-state index is 0.0632. The van der Waals surface area contributed by atoms with Gasteiger partial charge in [0.15, 0.2) is 0 Å². The van der Waals surface area contributed by atoms with Crippen LogP contribution in [0.2, 0.25) is 0 Å². The predicted molar refractivity (Wildman–Crippen MR) is 51.5 cm³/mol. The van der Waals surface area contributed by atoms with Gasteiger partial charge in [0.1, 0.15) is 0 Å². The van der Waals surface area contributed by atoms with Crippen LogP contribution in [-0.4, -0.2) is 25.0 Å². The Bertz CT molecular complexity index is 250. The van der Waals surface area contributed by atoms with E-state index in [0.717, 1.165) is 0 Å². The molecule has 0 saturated carbocycles. The lowest BCUT2D eigenvalue weighted by Crippen LogP contribution is -2.39. The highest BCUT2D eigenvalue weighted by Gasteiger charge is 2.48. The van der Waals surface area contributed by atoms with Crippen molar-refractivity contribution >= 4 is 11.9 Å². The molecule has 1 aliphatic heterocycles. The minimum Gasteiger partial charge on any atom is -0.465 e. The van der Waals surface area contributed by atoms with Crippen LogP contribution in [0, 0.1) is 11.3 Å². The van der Waals surface area contributed by atoms with Crippen molar-refractivity contribution < 1.29 is 14.3 Å². The van der Waals surface area contributed by atoms with E-state index in [2.05, 4.69) is 5.32 Å². The van der Waals surface area contributed by atoms with Gasteiger partial charge in [0, 0.05) is 13.0 Å². The number of ether oxygens (including phenoxy) is 1. The largest absolute Gasteiger partial charge is 0.465 e. The molecule has 1 N–H and O–H groups in total. The van der Waals surface area contributed by atoms with E-state index in [0.29, 0.717) is 13.2 Å². The highest BCUT2D eigenvalue weighted by Crippen LogP contribution is 2.35. The van der Waals surface area contributed by atoms with Crippen LogP contribution in [-0.2, 0) is 14.3 Å². The van der Waals surface area contributed by atoms with Crippen LogP contribution < -0.4 is 5.32 Å². The maximum absolute atomic E-state index is 11.7. The summed E-state index contributed by atoms with van der Waals surface area (Å²) in [4.78, 5) is 22.9. The molecule has 0 aromatic heterocycles. The summed E-state index contributed by atoms with van der Waals surface area (Å²) in [5.41, 5.74) is -0.646. The van der Waals surface area contributed by atoms with Gasteiger partial charge < -0.3 is 10.1 Å². The minimum atomic E-state index is -0.646. The van der Waals surface area contributed by atoms with Crippen LogP contribution in [0.15, 0.2) is 0 Å². The van der Waals surface area contributed by atoms with Gasteiger partial charge in [-0.2, -0.15) is 0 Å². The fourth-order valence-electron chi connectivity index (χ4n) is 1.73. The number of esters is 1. The number of hydrogen-bond acceptors (Lipinski definition) is 3. The van der Waals surface area contributed by atoms with Crippen molar-refractivity contribution in [2.75, 3.05) is 13.2 Å². The van der Waals surface area contributed by atoms with Crippen LogP contribution in [0.3, 0.4) is 0 Å². The number of rotatable bonds is 3. The average Bonchev–Trinajstić information content (AvgIpc) is 2.49. The number of amides is 1. The third-order valence-electron chi connectivity index (χ3n) is 2.86. The van der Waals surface area contributed by atoms with Crippen molar-refractivity contribution in [3.8, 4) is 0 Å². The molecule has 0 aliphatic carbocycles. The van der Waals surface area contributed by atoms with Crippen molar-refractivity contribution in [3.63, 3.8) is 0 Å². The first-order chi connectivity index (χ1) is 6.53. The van der Waals surface area contributed by atoms with Crippen LogP contribution in [0.5, 0.6) is 0 Å². The molecule has 0 aromatic rings. The van der Waals surface area contributed by atoms with Crippen molar-refractivity contribution in [2.24, 2.45) is 11.3 Å². The second-order valence-electron chi connectivity index (χ2n) is 3.98. The van der Waals surface area contributed by atoms with Crippen LogP contribution >= 0.6 is 0 Å². The number of carbonyl (C=O) groups excluding carboxylic acids is 2. The molecule has 4 nitrogen and oxygen atoms in total. The molecule has 1 aliphatic rings. The molecule has 1 atom stereocenters. The van der Waals surface area contributed by atoms with Crippen LogP contribution in [0.25, 0.3) is 0 Å². The first-order valence-corrected chi connectivity index (χ1v) is 4.97. The summed E-state index contributed by atoms with van der Waals surface area (Å²) in [7, 11) is 0. The maximum atomic E-state index is 11.7. The monoisotopic (exact) mass is 199 g/mol. The van der Waals surface area contributed by atoms with Gasteiger partial charge in [0.05, 0.1) is 12.0 Å². The summed E-state index contributed by atoms with van der Waals surface area (Å²) in [6.45, 7) is 6.42. The summed E-state index contributed by atoms with van der Waals surface area (Å²) in [6.07, 6.45) is 0.253. The third-order valence-corrected chi connectivity index (χ3v) is 2.86. The molecule has 14 heavy (non-hydrogen) atoms. The molecule has 1 heterocycles. The maximum Gasteiger partial charge on any atom is 0.314 e. The van der Waals surface area contributed by atoms with Gasteiger partial charge in [-0.25, -0.2) is 0 Å². The Kier molecular flexibility index (Phi) is 3.13. The molecule has 0 radical (unpaired) electrons. The zero-order valence-electron chi connectivity index (χ0n) is 8.92. The molecule has 1 fully saturated rings. The van der Waals surface area contributed by atoms with E-state index in [-0.39, 0.29) is 24.2 Å². The van der Waals surface area contributed by atoms with Crippen LogP contribution in [0.4, 0.5) is 0 Å². The zero-order chi connectivity index (χ0) is 10.8. The molecular weight excluding hydrogens is 182 g/mol. The van der Waals surface area contributed by atoms with Crippen molar-refractivity contribution in [1.29, 1.82) is 0 Å². The highest BCUT2D eigenvalue weighted by atomic mass is 16.5. The third kappa shape index (κ3) is 1.74. The van der Waals surface area contributed by atoms with E-state index in [9.17, 15) is 9.59 Å². The molecule has 0 spiro atoms. The van der Waals surface area contributed by atoms with Gasteiger partial charge in [-0.05, 0) is 12.8 Å². The molecule has 80 valence electrons. The zero-order valence-corrected chi connectivity index (χ0v) is 8.92. The van der Waals surface area contributed by atoms with E-state index in [1.54, 1.807) is 6.92 Å². The Morgan fingerprint density at radius 3 is 2.64 bits per heavy atom. The van der Waals surface area contributed by atoms with Gasteiger partial charge in [-0.15, -0.1) is 0 Å². The Balaban J connectivity index is 2.83. The molecule has 0 aromatic carbocycles. The quantitative estimate of drug-likeness (QED) is 0.681. The van der Waals surface area contributed by atoms with Crippen molar-refractivity contribution in [2.45, 2.75) is 27.2 Å². The van der Waals surface area contributed by atoms with E-state index in [4.69, 9.17) is 4.74 Å². The van der Waals surface area contributed by atoms with Crippen molar-refractivity contribution in [1.82, 2.24) is 5.32 Å². The molecule has 1 unspecified atom stereocenters. The fraction of sp³-hybridized carbons (Fsp3) is 0.800. The number of nitrogens with one attached hydrogen (secondary N) is 1. The second-order valence-corrected chi connectivity index (χ2v) is 3.98. The van der Waals surface area contributed by atoms with E-state index >= 15 is 0 Å². The SMILES string of the molecule is CCOC(=O)C1(C(C)C)CNC(=O)C1. The second kappa shape index (κ2) is 3.98. The lowest BCUT2D eigenvalue weighted by Gasteiger charge is -2.28. The van der Waals surface area contributed by atoms with Gasteiger partial charge in [-0.1, -0.05) is 13.8 Å². The van der Waals surface area contributed by atoms with E-state index < -0.39 is 5.41 Å². The average molecular weight is 199 g/mol. The lowest BCUT2D eigenvalue weighted by atomic mass is 9.76. The first-order valence-electron chi connectivity index (χ1n) is 4.97. The van der Waals surface area contributed by atoms with Gasteiger partial charge in [0.2, 0.25) is 5.91 Å². The molecular formula is C10H17NO3. The van der Waals surface area contributed by atoms with Crippen molar-refractivity contribution in [3.05, 3.63) is 0 Å². The standard InChI is InChI=1S/C10H17NO3/c1-4-14-9(13)10(7(2)3)5-8(12)11-6-10/h7H,4-6H2,1-3H3,(H,11,12). The Morgan fingerprint density at radius 2 is 2.29 bits per heavy atom. The molecule has 1 saturated heterocycles. The molecule has 4 heteroatoms. The summed E-state index contributed by atoms with van der Waals surface area (Å²) in [5, 5.41) is 2.69. The molecule has 1 amide bonds. The first kappa shape index (κ1) is 11.0. The lowest BCUT2D eigenvalue weighted by molar-refractivity contribution is -0.157. The summed E-state index contributed by atoms with van der Waals surface area (Å²) in [6, 6.07) is 0. The fourth-order valence-corrected chi connectivity index (χ4v) is 1.73. The smallest absolute Gasteiger partial charge is 0.314 e. The van der Waals surface area contributed by atoms with Gasteiger partial charge in [0.25, 0.3) is 0 Å². The Hall–Kier alpha value is -1.06. The predicted octanol–water partition coefficient (Wildman–Crippen LogP) is 0.712. The van der Waals surface area contributed by atoms with E-state index in [1.807, 2.05) is 13.8 Å². The summed E-state index contributed by atoms with van der Waals surface area (Å²) >= 11 is 0. The number of carbonyl (C=O) groups is 2. The highest BCUT2D eigenvalue weighted by molar-refractivity contribution is 5.89. The Labute approximate surface area is 84.0 Å². The van der Waals surface area contributed by atoms with E-state index in [1.165, 1.54) is 0 Å². The number of hydrogen-bond donors (Lipinski definition) is 1.